The Morgan fingerprint density at radius 2 is 1.96 bits per heavy atom. The lowest BCUT2D eigenvalue weighted by Crippen LogP contribution is -2.49. The number of nitrogens with one attached hydrogen (secondary N) is 1. The number of piperidine rings is 1. The van der Waals surface area contributed by atoms with E-state index in [1.807, 2.05) is 0 Å². The molecule has 1 aliphatic carbocycles. The maximum Gasteiger partial charge on any atom is 0.327 e. The van der Waals surface area contributed by atoms with Gasteiger partial charge in [0.25, 0.3) is 11.8 Å². The Morgan fingerprint density at radius 3 is 2.69 bits per heavy atom. The van der Waals surface area contributed by atoms with Crippen LogP contribution in [0.1, 0.15) is 55.3 Å². The van der Waals surface area contributed by atoms with Crippen LogP contribution in [0.25, 0.3) is 0 Å². The van der Waals surface area contributed by atoms with E-state index in [0.717, 1.165) is 25.7 Å². The van der Waals surface area contributed by atoms with Gasteiger partial charge in [-0.1, -0.05) is 19.3 Å². The second-order valence-electron chi connectivity index (χ2n) is 7.43. The predicted octanol–water partition coefficient (Wildman–Crippen LogP) is 1.94. The quantitative estimate of drug-likeness (QED) is 0.839. The molecule has 1 N–H and O–H groups in total. The highest BCUT2D eigenvalue weighted by atomic mass is 16.2. The van der Waals surface area contributed by atoms with E-state index >= 15 is 0 Å². The lowest BCUT2D eigenvalue weighted by atomic mass is 9.93. The standard InChI is InChI=1S/C19H24N4O3/c24-17(13-5-4-9-20-12-13)21-14-8-10-22-16(11-14)18(25)23(19(22)26)15-6-2-1-3-7-15/h4-5,9,12,14-16H,1-3,6-8,10-11H2,(H,21,24)/t14-,16-/m0/s1. The van der Waals surface area contributed by atoms with E-state index in [-0.39, 0.29) is 29.9 Å². The van der Waals surface area contributed by atoms with Gasteiger partial charge in [-0.3, -0.25) is 19.5 Å². The van der Waals surface area contributed by atoms with Crippen molar-refractivity contribution in [2.24, 2.45) is 0 Å². The highest BCUT2D eigenvalue weighted by Gasteiger charge is 2.50. The molecule has 26 heavy (non-hydrogen) atoms. The second kappa shape index (κ2) is 7.05. The number of pyridine rings is 1. The van der Waals surface area contributed by atoms with Gasteiger partial charge in [0.2, 0.25) is 0 Å². The highest BCUT2D eigenvalue weighted by molar-refractivity contribution is 6.04. The second-order valence-corrected chi connectivity index (χ2v) is 7.43. The molecule has 0 bridgehead atoms. The van der Waals surface area contributed by atoms with Crippen molar-refractivity contribution in [1.29, 1.82) is 0 Å². The van der Waals surface area contributed by atoms with Crippen LogP contribution >= 0.6 is 0 Å². The highest BCUT2D eigenvalue weighted by Crippen LogP contribution is 2.32. The Kier molecular flexibility index (Phi) is 4.61. The summed E-state index contributed by atoms with van der Waals surface area (Å²) in [5, 5.41) is 2.99. The molecule has 1 aromatic rings. The number of urea groups is 1. The van der Waals surface area contributed by atoms with Crippen molar-refractivity contribution >= 4 is 17.8 Å². The molecule has 4 rings (SSSR count). The maximum atomic E-state index is 12.9. The number of nitrogens with zero attached hydrogens (tertiary/aromatic N) is 3. The van der Waals surface area contributed by atoms with Crippen LogP contribution in [0, 0.1) is 0 Å². The normalized spacial score (nSPS) is 26.8. The monoisotopic (exact) mass is 356 g/mol. The number of imide groups is 1. The third kappa shape index (κ3) is 3.06. The molecule has 3 aliphatic rings. The van der Waals surface area contributed by atoms with Crippen LogP contribution in [-0.4, -0.2) is 57.3 Å². The van der Waals surface area contributed by atoms with Gasteiger partial charge in [-0.15, -0.1) is 0 Å². The fourth-order valence-corrected chi connectivity index (χ4v) is 4.39. The largest absolute Gasteiger partial charge is 0.349 e. The molecule has 3 heterocycles. The summed E-state index contributed by atoms with van der Waals surface area (Å²) >= 11 is 0. The van der Waals surface area contributed by atoms with Gasteiger partial charge in [-0.05, 0) is 37.8 Å². The summed E-state index contributed by atoms with van der Waals surface area (Å²) in [6.07, 6.45) is 9.48. The van der Waals surface area contributed by atoms with E-state index in [4.69, 9.17) is 0 Å². The van der Waals surface area contributed by atoms with E-state index in [9.17, 15) is 14.4 Å². The Balaban J connectivity index is 1.42. The first-order valence-electron chi connectivity index (χ1n) is 9.49. The smallest absolute Gasteiger partial charge is 0.327 e. The average Bonchev–Trinajstić information content (AvgIpc) is 2.93. The molecule has 7 nitrogen and oxygen atoms in total. The molecule has 0 unspecified atom stereocenters. The first kappa shape index (κ1) is 17.0. The van der Waals surface area contributed by atoms with Gasteiger partial charge in [-0.25, -0.2) is 4.79 Å². The zero-order valence-electron chi connectivity index (χ0n) is 14.8. The number of carbonyl (C=O) groups excluding carboxylic acids is 3. The molecule has 2 aliphatic heterocycles. The summed E-state index contributed by atoms with van der Waals surface area (Å²) in [6, 6.07) is 2.82. The van der Waals surface area contributed by atoms with Crippen LogP contribution in [0.4, 0.5) is 4.79 Å². The molecule has 3 fully saturated rings. The maximum absolute atomic E-state index is 12.9. The summed E-state index contributed by atoms with van der Waals surface area (Å²) < 4.78 is 0. The van der Waals surface area contributed by atoms with Crippen molar-refractivity contribution in [1.82, 2.24) is 20.1 Å². The average molecular weight is 356 g/mol. The first-order valence-corrected chi connectivity index (χ1v) is 9.49. The Morgan fingerprint density at radius 1 is 1.15 bits per heavy atom. The van der Waals surface area contributed by atoms with Crippen molar-refractivity contribution in [3.05, 3.63) is 30.1 Å². The fraction of sp³-hybridized carbons (Fsp3) is 0.579. The molecule has 7 heteroatoms. The fourth-order valence-electron chi connectivity index (χ4n) is 4.39. The van der Waals surface area contributed by atoms with E-state index in [0.29, 0.717) is 24.9 Å². The molecule has 1 aromatic heterocycles. The molecule has 2 atom stereocenters. The van der Waals surface area contributed by atoms with E-state index < -0.39 is 6.04 Å². The third-order valence-electron chi connectivity index (χ3n) is 5.78. The molecule has 0 spiro atoms. The number of carbonyl (C=O) groups is 3. The molecule has 138 valence electrons. The molecular formula is C19H24N4O3. The predicted molar refractivity (Wildman–Crippen MR) is 94.3 cm³/mol. The van der Waals surface area contributed by atoms with Crippen molar-refractivity contribution in [2.75, 3.05) is 6.54 Å². The number of hydrogen-bond acceptors (Lipinski definition) is 4. The number of fused-ring (bicyclic) bond motifs is 1. The van der Waals surface area contributed by atoms with Gasteiger partial charge < -0.3 is 10.2 Å². The first-order chi connectivity index (χ1) is 12.6. The summed E-state index contributed by atoms with van der Waals surface area (Å²) in [7, 11) is 0. The molecular weight excluding hydrogens is 332 g/mol. The van der Waals surface area contributed by atoms with Gasteiger partial charge in [0, 0.05) is 31.0 Å². The Bertz CT molecular complexity index is 702. The van der Waals surface area contributed by atoms with Crippen molar-refractivity contribution in [3.63, 3.8) is 0 Å². The molecule has 4 amide bonds. The minimum absolute atomic E-state index is 0.0535. The zero-order chi connectivity index (χ0) is 18.1. The van der Waals surface area contributed by atoms with Crippen molar-refractivity contribution in [2.45, 2.75) is 63.1 Å². The number of aromatic nitrogens is 1. The van der Waals surface area contributed by atoms with Crippen LogP contribution in [-0.2, 0) is 4.79 Å². The minimum Gasteiger partial charge on any atom is -0.349 e. The third-order valence-corrected chi connectivity index (χ3v) is 5.78. The van der Waals surface area contributed by atoms with Crippen molar-refractivity contribution in [3.8, 4) is 0 Å². The lowest BCUT2D eigenvalue weighted by Gasteiger charge is -2.32. The summed E-state index contributed by atoms with van der Waals surface area (Å²) in [5.74, 6) is -0.264. The van der Waals surface area contributed by atoms with Gasteiger partial charge in [-0.2, -0.15) is 0 Å². The van der Waals surface area contributed by atoms with Crippen LogP contribution in [0.2, 0.25) is 0 Å². The Hall–Kier alpha value is -2.44. The van der Waals surface area contributed by atoms with Gasteiger partial charge >= 0.3 is 6.03 Å². The van der Waals surface area contributed by atoms with E-state index in [2.05, 4.69) is 10.3 Å². The van der Waals surface area contributed by atoms with Gasteiger partial charge in [0.1, 0.15) is 6.04 Å². The molecule has 0 aromatic carbocycles. The number of amides is 4. The SMILES string of the molecule is O=C(N[C@H]1CCN2C(=O)N(C3CCCCC3)C(=O)[C@@H]2C1)c1cccnc1. The van der Waals surface area contributed by atoms with Crippen molar-refractivity contribution < 1.29 is 14.4 Å². The lowest BCUT2D eigenvalue weighted by molar-refractivity contribution is -0.130. The molecule has 2 saturated heterocycles. The topological polar surface area (TPSA) is 82.6 Å². The van der Waals surface area contributed by atoms with Gasteiger partial charge in [0.05, 0.1) is 5.56 Å². The number of rotatable bonds is 3. The van der Waals surface area contributed by atoms with Crippen LogP contribution in [0.5, 0.6) is 0 Å². The molecule has 0 radical (unpaired) electrons. The summed E-state index contributed by atoms with van der Waals surface area (Å²) in [5.41, 5.74) is 0.507. The number of hydrogen-bond donors (Lipinski definition) is 1. The van der Waals surface area contributed by atoms with Crippen LogP contribution in [0.3, 0.4) is 0 Å². The zero-order valence-corrected chi connectivity index (χ0v) is 14.8. The van der Waals surface area contributed by atoms with Crippen LogP contribution in [0.15, 0.2) is 24.5 Å². The summed E-state index contributed by atoms with van der Waals surface area (Å²) in [4.78, 5) is 45.1. The van der Waals surface area contributed by atoms with E-state index in [1.165, 1.54) is 17.5 Å². The van der Waals surface area contributed by atoms with Crippen LogP contribution < -0.4 is 5.32 Å². The Labute approximate surface area is 152 Å². The minimum atomic E-state index is -0.433. The van der Waals surface area contributed by atoms with Gasteiger partial charge in [0.15, 0.2) is 0 Å². The molecule has 1 saturated carbocycles. The summed E-state index contributed by atoms with van der Waals surface area (Å²) in [6.45, 7) is 0.510. The van der Waals surface area contributed by atoms with E-state index in [1.54, 1.807) is 23.2 Å².